The fourth-order valence-electron chi connectivity index (χ4n) is 1.98. The van der Waals surface area contributed by atoms with Crippen LogP contribution in [0.15, 0.2) is 54.6 Å². The van der Waals surface area contributed by atoms with E-state index in [1.165, 1.54) is 5.56 Å². The lowest BCUT2D eigenvalue weighted by molar-refractivity contribution is -0.135. The molecule has 0 saturated carbocycles. The highest BCUT2D eigenvalue weighted by Crippen LogP contribution is 2.19. The van der Waals surface area contributed by atoms with Crippen molar-refractivity contribution in [3.63, 3.8) is 0 Å². The molecule has 0 radical (unpaired) electrons. The lowest BCUT2D eigenvalue weighted by Crippen LogP contribution is -2.31. The maximum atomic E-state index is 11.4. The number of para-hydroxylation sites is 1. The molecule has 140 valence electrons. The van der Waals surface area contributed by atoms with Crippen molar-refractivity contribution in [2.75, 3.05) is 13.1 Å². The minimum Gasteiger partial charge on any atom is -0.425 e. The molecule has 26 heavy (non-hydrogen) atoms. The third-order valence-corrected chi connectivity index (χ3v) is 3.66. The lowest BCUT2D eigenvalue weighted by Gasteiger charge is -2.08. The quantitative estimate of drug-likeness (QED) is 0.442. The van der Waals surface area contributed by atoms with Crippen LogP contribution in [-0.2, 0) is 21.9 Å². The second-order valence-electron chi connectivity index (χ2n) is 5.37. The molecular formula is C20H25ClN2O3. The first-order valence-corrected chi connectivity index (χ1v) is 8.99. The molecule has 0 heterocycles. The maximum absolute atomic E-state index is 11.4. The maximum Gasteiger partial charge on any atom is 0.330 e. The minimum atomic E-state index is -0.510. The third-order valence-electron chi connectivity index (χ3n) is 3.37. The first kappa shape index (κ1) is 21.7. The summed E-state index contributed by atoms with van der Waals surface area (Å²) in [4.78, 5) is 22.4. The van der Waals surface area contributed by atoms with E-state index in [4.69, 9.17) is 22.1 Å². The van der Waals surface area contributed by atoms with Crippen LogP contribution < -0.4 is 15.8 Å². The van der Waals surface area contributed by atoms with Gasteiger partial charge in [-0.2, -0.15) is 0 Å². The molecule has 2 aromatic carbocycles. The van der Waals surface area contributed by atoms with Crippen LogP contribution in [0.1, 0.15) is 24.5 Å². The Hall–Kier alpha value is -2.37. The van der Waals surface area contributed by atoms with Gasteiger partial charge in [0.2, 0.25) is 5.91 Å². The van der Waals surface area contributed by atoms with E-state index >= 15 is 0 Å². The molecule has 5 nitrogen and oxygen atoms in total. The molecule has 0 saturated heterocycles. The van der Waals surface area contributed by atoms with Crippen molar-refractivity contribution < 1.29 is 14.3 Å². The van der Waals surface area contributed by atoms with Crippen LogP contribution in [-0.4, -0.2) is 25.0 Å². The van der Waals surface area contributed by atoms with Gasteiger partial charge in [-0.25, -0.2) is 4.79 Å². The van der Waals surface area contributed by atoms with E-state index in [9.17, 15) is 9.59 Å². The molecule has 0 spiro atoms. The van der Waals surface area contributed by atoms with Gasteiger partial charge in [-0.1, -0.05) is 55.5 Å². The van der Waals surface area contributed by atoms with E-state index in [1.807, 2.05) is 24.3 Å². The Morgan fingerprint density at radius 2 is 1.73 bits per heavy atom. The van der Waals surface area contributed by atoms with E-state index < -0.39 is 5.97 Å². The van der Waals surface area contributed by atoms with Gasteiger partial charge in [-0.15, -0.1) is 11.6 Å². The highest BCUT2D eigenvalue weighted by atomic mass is 35.5. The number of nitrogens with two attached hydrogens (primary N) is 1. The molecule has 0 aliphatic heterocycles. The molecule has 6 heteroatoms. The van der Waals surface area contributed by atoms with Gasteiger partial charge in [-0.05, 0) is 24.6 Å². The highest BCUT2D eigenvalue weighted by molar-refractivity contribution is 6.17. The summed E-state index contributed by atoms with van der Waals surface area (Å²) in [5.41, 5.74) is 7.42. The van der Waals surface area contributed by atoms with E-state index in [-0.39, 0.29) is 18.3 Å². The van der Waals surface area contributed by atoms with Crippen molar-refractivity contribution in [1.82, 2.24) is 5.32 Å². The third kappa shape index (κ3) is 8.65. The summed E-state index contributed by atoms with van der Waals surface area (Å²) in [5.74, 6) is 0.000283. The first-order valence-electron chi connectivity index (χ1n) is 8.45. The summed E-state index contributed by atoms with van der Waals surface area (Å²) < 4.78 is 5.09. The number of benzene rings is 2. The molecule has 0 aliphatic rings. The van der Waals surface area contributed by atoms with Crippen molar-refractivity contribution in [2.45, 2.75) is 25.6 Å². The fraction of sp³-hybridized carbons (Fsp3) is 0.300. The Morgan fingerprint density at radius 3 is 2.35 bits per heavy atom. The Kier molecular flexibility index (Phi) is 10.8. The van der Waals surface area contributed by atoms with Crippen molar-refractivity contribution in [3.05, 3.63) is 65.7 Å². The first-order chi connectivity index (χ1) is 12.6. The van der Waals surface area contributed by atoms with E-state index in [0.717, 1.165) is 18.5 Å². The average Bonchev–Trinajstić information content (AvgIpc) is 2.68. The molecule has 2 aromatic rings. The van der Waals surface area contributed by atoms with Crippen LogP contribution in [0.4, 0.5) is 0 Å². The second-order valence-corrected chi connectivity index (χ2v) is 5.64. The summed E-state index contributed by atoms with van der Waals surface area (Å²) in [6.45, 7) is 2.32. The predicted octanol–water partition coefficient (Wildman–Crippen LogP) is 3.04. The normalized spacial score (nSPS) is 9.65. The van der Waals surface area contributed by atoms with Crippen molar-refractivity contribution in [2.24, 2.45) is 5.73 Å². The van der Waals surface area contributed by atoms with Crippen molar-refractivity contribution >= 4 is 23.5 Å². The summed E-state index contributed by atoms with van der Waals surface area (Å²) in [7, 11) is 0. The number of alkyl halides is 1. The molecule has 0 fully saturated rings. The highest BCUT2D eigenvalue weighted by Gasteiger charge is 2.09. The molecule has 0 atom stereocenters. The van der Waals surface area contributed by atoms with Crippen LogP contribution in [0.25, 0.3) is 0 Å². The zero-order valence-electron chi connectivity index (χ0n) is 14.9. The van der Waals surface area contributed by atoms with E-state index in [2.05, 4.69) is 17.4 Å². The number of ether oxygens (including phenoxy) is 1. The smallest absolute Gasteiger partial charge is 0.330 e. The Labute approximate surface area is 159 Å². The number of hydrogen-bond donors (Lipinski definition) is 2. The van der Waals surface area contributed by atoms with Gasteiger partial charge in [-0.3, -0.25) is 4.79 Å². The number of carbonyl (C=O) groups excluding carboxylic acids is 2. The van der Waals surface area contributed by atoms with Crippen LogP contribution in [0.2, 0.25) is 0 Å². The van der Waals surface area contributed by atoms with Gasteiger partial charge in [0.05, 0.1) is 5.88 Å². The Bertz CT molecular complexity index is 678. The van der Waals surface area contributed by atoms with Gasteiger partial charge < -0.3 is 15.8 Å². The standard InChI is InChI=1S/C12H14ClNO3.C8H11N/c1-2-11(15)14-8-12(16)17-10-6-4-3-5-9(10)7-13;9-7-6-8-4-2-1-3-5-8/h3-6H,2,7-8H2,1H3,(H,14,15);1-5H,6-7,9H2. The number of esters is 1. The van der Waals surface area contributed by atoms with Crippen LogP contribution in [0.5, 0.6) is 5.75 Å². The van der Waals surface area contributed by atoms with Gasteiger partial charge >= 0.3 is 5.97 Å². The van der Waals surface area contributed by atoms with Crippen molar-refractivity contribution in [3.8, 4) is 5.75 Å². The minimum absolute atomic E-state index is 0.136. The van der Waals surface area contributed by atoms with Gasteiger partial charge in [0, 0.05) is 12.0 Å². The van der Waals surface area contributed by atoms with Gasteiger partial charge in [0.1, 0.15) is 12.3 Å². The number of nitrogens with one attached hydrogen (secondary N) is 1. The Balaban J connectivity index is 0.000000314. The molecule has 0 unspecified atom stereocenters. The summed E-state index contributed by atoms with van der Waals surface area (Å²) in [5, 5.41) is 2.44. The van der Waals surface area contributed by atoms with Crippen molar-refractivity contribution in [1.29, 1.82) is 0 Å². The zero-order valence-corrected chi connectivity index (χ0v) is 15.7. The van der Waals surface area contributed by atoms with E-state index in [0.29, 0.717) is 12.2 Å². The molecule has 3 N–H and O–H groups in total. The number of carbonyl (C=O) groups is 2. The SMILES string of the molecule is CCC(=O)NCC(=O)Oc1ccccc1CCl.NCCc1ccccc1. The van der Waals surface area contributed by atoms with Gasteiger partial charge in [0.15, 0.2) is 0 Å². The van der Waals surface area contributed by atoms with Crippen LogP contribution >= 0.6 is 11.6 Å². The summed E-state index contributed by atoms with van der Waals surface area (Å²) in [6.07, 6.45) is 1.33. The number of amides is 1. The monoisotopic (exact) mass is 376 g/mol. The Morgan fingerprint density at radius 1 is 1.08 bits per heavy atom. The summed E-state index contributed by atoms with van der Waals surface area (Å²) >= 11 is 5.70. The summed E-state index contributed by atoms with van der Waals surface area (Å²) in [6, 6.07) is 17.3. The fourth-order valence-corrected chi connectivity index (χ4v) is 2.20. The largest absolute Gasteiger partial charge is 0.425 e. The molecule has 0 aliphatic carbocycles. The zero-order chi connectivity index (χ0) is 19.2. The molecule has 0 bridgehead atoms. The molecule has 1 amide bonds. The average molecular weight is 377 g/mol. The molecule has 2 rings (SSSR count). The molecule has 0 aromatic heterocycles. The van der Waals surface area contributed by atoms with Crippen LogP contribution in [0.3, 0.4) is 0 Å². The van der Waals surface area contributed by atoms with E-state index in [1.54, 1.807) is 25.1 Å². The van der Waals surface area contributed by atoms with Gasteiger partial charge in [0.25, 0.3) is 0 Å². The topological polar surface area (TPSA) is 81.4 Å². The predicted molar refractivity (Wildman–Crippen MR) is 104 cm³/mol. The van der Waals surface area contributed by atoms with Crippen LogP contribution in [0, 0.1) is 0 Å². The second kappa shape index (κ2) is 12.9. The number of hydrogen-bond acceptors (Lipinski definition) is 4. The molecular weight excluding hydrogens is 352 g/mol. The lowest BCUT2D eigenvalue weighted by atomic mass is 10.2. The number of rotatable bonds is 7. The number of halogens is 1.